The Morgan fingerprint density at radius 3 is 2.85 bits per heavy atom. The molecule has 0 bridgehead atoms. The SMILES string of the molecule is CCn1cc(C(=O)NCC#Cc2cccc(Cl)c2)c(=O)c2ccc(C)nc21. The van der Waals surface area contributed by atoms with E-state index in [9.17, 15) is 9.59 Å². The number of hydrogen-bond acceptors (Lipinski definition) is 3. The van der Waals surface area contributed by atoms with Crippen molar-refractivity contribution in [2.45, 2.75) is 20.4 Å². The summed E-state index contributed by atoms with van der Waals surface area (Å²) >= 11 is 5.91. The van der Waals surface area contributed by atoms with Gasteiger partial charge in [0, 0.05) is 29.0 Å². The molecule has 2 aromatic heterocycles. The number of benzene rings is 1. The van der Waals surface area contributed by atoms with E-state index in [0.717, 1.165) is 11.3 Å². The normalized spacial score (nSPS) is 10.3. The molecule has 0 saturated carbocycles. The molecule has 27 heavy (non-hydrogen) atoms. The van der Waals surface area contributed by atoms with Crippen molar-refractivity contribution in [3.05, 3.63) is 74.7 Å². The molecule has 136 valence electrons. The van der Waals surface area contributed by atoms with Gasteiger partial charge in [-0.3, -0.25) is 9.59 Å². The van der Waals surface area contributed by atoms with Gasteiger partial charge in [0.2, 0.25) is 5.43 Å². The second-order valence-corrected chi connectivity index (χ2v) is 6.41. The highest BCUT2D eigenvalue weighted by atomic mass is 35.5. The number of halogens is 1. The van der Waals surface area contributed by atoms with E-state index in [-0.39, 0.29) is 17.5 Å². The van der Waals surface area contributed by atoms with Crippen molar-refractivity contribution in [3.63, 3.8) is 0 Å². The largest absolute Gasteiger partial charge is 0.341 e. The number of carbonyl (C=O) groups excluding carboxylic acids is 1. The first-order chi connectivity index (χ1) is 13.0. The lowest BCUT2D eigenvalue weighted by Gasteiger charge is -2.11. The molecule has 6 heteroatoms. The zero-order chi connectivity index (χ0) is 19.4. The Balaban J connectivity index is 1.83. The Bertz CT molecular complexity index is 1140. The van der Waals surface area contributed by atoms with E-state index < -0.39 is 5.91 Å². The first-order valence-corrected chi connectivity index (χ1v) is 8.91. The zero-order valence-electron chi connectivity index (χ0n) is 15.0. The van der Waals surface area contributed by atoms with Crippen molar-refractivity contribution < 1.29 is 4.79 Å². The minimum atomic E-state index is -0.454. The van der Waals surface area contributed by atoms with Gasteiger partial charge >= 0.3 is 0 Å². The highest BCUT2D eigenvalue weighted by Gasteiger charge is 2.15. The van der Waals surface area contributed by atoms with Crippen molar-refractivity contribution in [2.75, 3.05) is 6.54 Å². The summed E-state index contributed by atoms with van der Waals surface area (Å²) in [6.07, 6.45) is 1.55. The number of pyridine rings is 2. The van der Waals surface area contributed by atoms with Gasteiger partial charge in [-0.2, -0.15) is 0 Å². The number of nitrogens with one attached hydrogen (secondary N) is 1. The molecule has 1 amide bonds. The maximum atomic E-state index is 12.7. The van der Waals surface area contributed by atoms with Crippen LogP contribution in [-0.4, -0.2) is 22.0 Å². The fourth-order valence-electron chi connectivity index (χ4n) is 2.69. The monoisotopic (exact) mass is 379 g/mol. The van der Waals surface area contributed by atoms with Crippen LogP contribution < -0.4 is 10.7 Å². The molecule has 1 N–H and O–H groups in total. The van der Waals surface area contributed by atoms with Gasteiger partial charge in [0.15, 0.2) is 0 Å². The van der Waals surface area contributed by atoms with E-state index in [1.165, 1.54) is 0 Å². The fraction of sp³-hybridized carbons (Fsp3) is 0.190. The molecule has 2 heterocycles. The second-order valence-electron chi connectivity index (χ2n) is 5.98. The van der Waals surface area contributed by atoms with Crippen molar-refractivity contribution in [1.82, 2.24) is 14.9 Å². The molecule has 0 unspecified atom stereocenters. The van der Waals surface area contributed by atoms with E-state index >= 15 is 0 Å². The summed E-state index contributed by atoms with van der Waals surface area (Å²) in [5.41, 5.74) is 1.91. The lowest BCUT2D eigenvalue weighted by atomic mass is 10.1. The molecule has 0 radical (unpaired) electrons. The maximum absolute atomic E-state index is 12.7. The van der Waals surface area contributed by atoms with Gasteiger partial charge in [-0.15, -0.1) is 0 Å². The average molecular weight is 380 g/mol. The first-order valence-electron chi connectivity index (χ1n) is 8.53. The summed E-state index contributed by atoms with van der Waals surface area (Å²) in [6, 6.07) is 10.6. The Morgan fingerprint density at radius 2 is 2.11 bits per heavy atom. The molecule has 0 saturated heterocycles. The smallest absolute Gasteiger partial charge is 0.257 e. The van der Waals surface area contributed by atoms with Crippen LogP contribution in [0.25, 0.3) is 11.0 Å². The maximum Gasteiger partial charge on any atom is 0.257 e. The Hall–Kier alpha value is -3.10. The number of nitrogens with zero attached hydrogens (tertiary/aromatic N) is 2. The summed E-state index contributed by atoms with van der Waals surface area (Å²) in [5, 5.41) is 3.71. The summed E-state index contributed by atoms with van der Waals surface area (Å²) in [7, 11) is 0. The van der Waals surface area contributed by atoms with Crippen LogP contribution in [0, 0.1) is 18.8 Å². The second kappa shape index (κ2) is 8.07. The summed E-state index contributed by atoms with van der Waals surface area (Å²) in [4.78, 5) is 29.6. The summed E-state index contributed by atoms with van der Waals surface area (Å²) in [6.45, 7) is 4.53. The third kappa shape index (κ3) is 4.18. The van der Waals surface area contributed by atoms with Gasteiger partial charge < -0.3 is 9.88 Å². The van der Waals surface area contributed by atoms with E-state index in [2.05, 4.69) is 22.1 Å². The number of aryl methyl sites for hydroxylation is 2. The number of rotatable bonds is 3. The molecule has 1 aromatic carbocycles. The highest BCUT2D eigenvalue weighted by Crippen LogP contribution is 2.11. The standard InChI is InChI=1S/C21H18ClN3O2/c1-3-25-13-18(19(26)17-10-9-14(2)24-20(17)25)21(27)23-11-5-7-15-6-4-8-16(22)12-15/h4,6,8-10,12-13H,3,11H2,1-2H3,(H,23,27). The third-order valence-corrected chi connectivity index (χ3v) is 4.28. The summed E-state index contributed by atoms with van der Waals surface area (Å²) in [5.74, 6) is 5.33. The minimum absolute atomic E-state index is 0.0829. The van der Waals surface area contributed by atoms with Gasteiger partial charge in [0.05, 0.1) is 11.9 Å². The van der Waals surface area contributed by atoms with Crippen molar-refractivity contribution in [3.8, 4) is 11.8 Å². The lowest BCUT2D eigenvalue weighted by molar-refractivity contribution is 0.0957. The van der Waals surface area contributed by atoms with Gasteiger partial charge in [-0.25, -0.2) is 4.98 Å². The number of carbonyl (C=O) groups is 1. The van der Waals surface area contributed by atoms with Gasteiger partial charge in [-0.05, 0) is 44.2 Å². The highest BCUT2D eigenvalue weighted by molar-refractivity contribution is 6.30. The molecule has 0 atom stereocenters. The number of hydrogen-bond donors (Lipinski definition) is 1. The predicted molar refractivity (Wildman–Crippen MR) is 107 cm³/mol. The number of amides is 1. The van der Waals surface area contributed by atoms with Crippen LogP contribution in [0.15, 0.2) is 47.4 Å². The van der Waals surface area contributed by atoms with Crippen LogP contribution in [0.4, 0.5) is 0 Å². The van der Waals surface area contributed by atoms with Crippen molar-refractivity contribution in [1.29, 1.82) is 0 Å². The van der Waals surface area contributed by atoms with Crippen molar-refractivity contribution >= 4 is 28.5 Å². The van der Waals surface area contributed by atoms with E-state index in [1.54, 1.807) is 35.0 Å². The number of fused-ring (bicyclic) bond motifs is 1. The van der Waals surface area contributed by atoms with Gasteiger partial charge in [-0.1, -0.05) is 29.5 Å². The Labute approximate surface area is 162 Å². The number of aromatic nitrogens is 2. The van der Waals surface area contributed by atoms with Crippen LogP contribution >= 0.6 is 11.6 Å². The molecule has 3 rings (SSSR count). The van der Waals surface area contributed by atoms with E-state index in [1.807, 2.05) is 26.0 Å². The Morgan fingerprint density at radius 1 is 1.30 bits per heavy atom. The topological polar surface area (TPSA) is 64.0 Å². The average Bonchev–Trinajstić information content (AvgIpc) is 2.65. The fourth-order valence-corrected chi connectivity index (χ4v) is 2.89. The molecular weight excluding hydrogens is 362 g/mol. The van der Waals surface area contributed by atoms with Crippen LogP contribution in [0.1, 0.15) is 28.5 Å². The van der Waals surface area contributed by atoms with Gasteiger partial charge in [0.25, 0.3) is 5.91 Å². The van der Waals surface area contributed by atoms with Crippen LogP contribution in [0.3, 0.4) is 0 Å². The van der Waals surface area contributed by atoms with Crippen LogP contribution in [-0.2, 0) is 6.54 Å². The van der Waals surface area contributed by atoms with Crippen molar-refractivity contribution in [2.24, 2.45) is 0 Å². The predicted octanol–water partition coefficient (Wildman–Crippen LogP) is 3.16. The molecule has 0 spiro atoms. The Kier molecular flexibility index (Phi) is 5.58. The molecule has 5 nitrogen and oxygen atoms in total. The van der Waals surface area contributed by atoms with Crippen LogP contribution in [0.2, 0.25) is 5.02 Å². The minimum Gasteiger partial charge on any atom is -0.341 e. The zero-order valence-corrected chi connectivity index (χ0v) is 15.8. The molecule has 3 aromatic rings. The molecule has 0 aliphatic rings. The van der Waals surface area contributed by atoms with Gasteiger partial charge in [0.1, 0.15) is 11.2 Å². The first kappa shape index (κ1) is 18.7. The molecule has 0 aliphatic carbocycles. The molecule has 0 fully saturated rings. The summed E-state index contributed by atoms with van der Waals surface area (Å²) < 4.78 is 1.80. The molecule has 0 aliphatic heterocycles. The van der Waals surface area contributed by atoms with Crippen LogP contribution in [0.5, 0.6) is 0 Å². The quantitative estimate of drug-likeness (QED) is 0.711. The van der Waals surface area contributed by atoms with E-state index in [0.29, 0.717) is 22.6 Å². The van der Waals surface area contributed by atoms with E-state index in [4.69, 9.17) is 11.6 Å². The molecular formula is C21H18ClN3O2. The third-order valence-electron chi connectivity index (χ3n) is 4.04. The lowest BCUT2D eigenvalue weighted by Crippen LogP contribution is -2.30.